The highest BCUT2D eigenvalue weighted by atomic mass is 79.9. The summed E-state index contributed by atoms with van der Waals surface area (Å²) in [4.78, 5) is 15.5. The topological polar surface area (TPSA) is 62.3 Å². The largest absolute Gasteiger partial charge is 0.478 e. The Morgan fingerprint density at radius 3 is 2.22 bits per heavy atom. The minimum atomic E-state index is -1.08. The van der Waals surface area contributed by atoms with Crippen molar-refractivity contribution in [3.05, 3.63) is 110 Å². The van der Waals surface area contributed by atoms with Gasteiger partial charge in [-0.1, -0.05) is 60.7 Å². The van der Waals surface area contributed by atoms with E-state index in [1.165, 1.54) is 20.2 Å². The second-order valence-electron chi connectivity index (χ2n) is 9.81. The molecule has 0 aliphatic carbocycles. The van der Waals surface area contributed by atoms with Crippen molar-refractivity contribution in [2.75, 3.05) is 0 Å². The van der Waals surface area contributed by atoms with E-state index in [9.17, 15) is 9.90 Å². The Morgan fingerprint density at radius 2 is 1.49 bits per heavy atom. The number of H-pyrrole nitrogens is 1. The summed E-state index contributed by atoms with van der Waals surface area (Å²) in [5.74, 6) is -0.572. The maximum Gasteiger partial charge on any atom is 0.345 e. The number of ether oxygens (including phenoxy) is 1. The van der Waals surface area contributed by atoms with Crippen LogP contribution < -0.4 is 4.74 Å². The van der Waals surface area contributed by atoms with Gasteiger partial charge in [0.05, 0.1) is 13.6 Å². The van der Waals surface area contributed by atoms with Crippen LogP contribution in [0.4, 0.5) is 0 Å². The third kappa shape index (κ3) is 4.57. The average Bonchev–Trinajstić information content (AvgIpc) is 3.56. The molecule has 41 heavy (non-hydrogen) atoms. The first-order chi connectivity index (χ1) is 19.9. The van der Waals surface area contributed by atoms with Crippen LogP contribution >= 0.6 is 59.1 Å². The number of nitrogens with one attached hydrogen (secondary N) is 1. The molecule has 0 spiro atoms. The van der Waals surface area contributed by atoms with Gasteiger partial charge in [-0.05, 0) is 99.5 Å². The quantitative estimate of drug-likeness (QED) is 0.178. The van der Waals surface area contributed by atoms with Crippen molar-refractivity contribution in [1.82, 2.24) is 4.98 Å². The number of benzene rings is 5. The summed E-state index contributed by atoms with van der Waals surface area (Å²) in [5.41, 5.74) is 3.98. The van der Waals surface area contributed by atoms with Crippen LogP contribution in [0.1, 0.15) is 5.56 Å². The zero-order chi connectivity index (χ0) is 28.2. The molecule has 2 aromatic heterocycles. The average molecular weight is 750 g/mol. The van der Waals surface area contributed by atoms with Gasteiger partial charge in [0.2, 0.25) is 0 Å². The molecule has 4 nitrogen and oxygen atoms in total. The number of aliphatic carboxylic acids is 1. The van der Waals surface area contributed by atoms with E-state index in [1.54, 1.807) is 11.3 Å². The van der Waals surface area contributed by atoms with Gasteiger partial charge in [-0.25, -0.2) is 4.79 Å². The van der Waals surface area contributed by atoms with Gasteiger partial charge in [-0.2, -0.15) is 0 Å². The number of thiophene rings is 1. The van der Waals surface area contributed by atoms with Crippen molar-refractivity contribution >= 4 is 107 Å². The Hall–Kier alpha value is -3.17. The summed E-state index contributed by atoms with van der Waals surface area (Å²) < 4.78 is 11.0. The van der Waals surface area contributed by atoms with Crippen molar-refractivity contribution < 1.29 is 14.6 Å². The van der Waals surface area contributed by atoms with Crippen molar-refractivity contribution in [2.45, 2.75) is 12.5 Å². The highest BCUT2D eigenvalue weighted by Gasteiger charge is 2.25. The monoisotopic (exact) mass is 747 g/mol. The molecule has 1 atom stereocenters. The van der Waals surface area contributed by atoms with Gasteiger partial charge in [0.25, 0.3) is 0 Å². The highest BCUT2D eigenvalue weighted by Crippen LogP contribution is 2.50. The molecule has 0 saturated carbocycles. The first-order valence-electron chi connectivity index (χ1n) is 12.9. The lowest BCUT2D eigenvalue weighted by Crippen LogP contribution is -2.29. The number of aromatic amines is 1. The standard InChI is InChI=1S/C33H20Br3NO3S/c34-23-13-17(14-24(35)31(23)40-26(33(38)39)15-18-16-37-25-11-5-3-7-19(18)25)28-20-8-1-2-9-21(20)30(36)32-29(28)22-10-4-6-12-27(22)41-32/h1-14,16,26,37H,15H2,(H,38,39). The molecule has 0 bridgehead atoms. The van der Waals surface area contributed by atoms with Gasteiger partial charge < -0.3 is 14.8 Å². The molecule has 7 rings (SSSR count). The van der Waals surface area contributed by atoms with Crippen LogP contribution in [0.5, 0.6) is 5.75 Å². The number of hydrogen-bond acceptors (Lipinski definition) is 3. The number of rotatable bonds is 6. The van der Waals surface area contributed by atoms with E-state index in [1.807, 2.05) is 42.6 Å². The maximum absolute atomic E-state index is 12.3. The van der Waals surface area contributed by atoms with E-state index in [0.29, 0.717) is 14.7 Å². The second-order valence-corrected chi connectivity index (χ2v) is 13.4. The van der Waals surface area contributed by atoms with Crippen LogP contribution in [-0.4, -0.2) is 22.2 Å². The van der Waals surface area contributed by atoms with Crippen LogP contribution in [-0.2, 0) is 11.2 Å². The van der Waals surface area contributed by atoms with Crippen molar-refractivity contribution in [1.29, 1.82) is 0 Å². The lowest BCUT2D eigenvalue weighted by molar-refractivity contribution is -0.145. The Bertz CT molecular complexity index is 2130. The van der Waals surface area contributed by atoms with Crippen LogP contribution in [0.3, 0.4) is 0 Å². The van der Waals surface area contributed by atoms with Crippen LogP contribution in [0, 0.1) is 0 Å². The Morgan fingerprint density at radius 1 is 0.854 bits per heavy atom. The van der Waals surface area contributed by atoms with E-state index in [-0.39, 0.29) is 6.42 Å². The predicted octanol–water partition coefficient (Wildman–Crippen LogP) is 10.7. The summed E-state index contributed by atoms with van der Waals surface area (Å²) >= 11 is 13.1. The highest BCUT2D eigenvalue weighted by molar-refractivity contribution is 9.11. The number of fused-ring (bicyclic) bond motifs is 5. The molecular formula is C33H20Br3NO3S. The fourth-order valence-electron chi connectivity index (χ4n) is 5.54. The molecule has 5 aromatic carbocycles. The fraction of sp³-hybridized carbons (Fsp3) is 0.0606. The third-order valence-electron chi connectivity index (χ3n) is 7.38. The molecule has 202 valence electrons. The van der Waals surface area contributed by atoms with Gasteiger partial charge >= 0.3 is 5.97 Å². The molecule has 0 saturated heterocycles. The molecule has 8 heteroatoms. The molecule has 0 amide bonds. The summed E-state index contributed by atoms with van der Waals surface area (Å²) in [6, 6.07) is 28.8. The number of carboxylic acid groups (broad SMARTS) is 1. The number of para-hydroxylation sites is 1. The van der Waals surface area contributed by atoms with Gasteiger partial charge in [0, 0.05) is 43.5 Å². The Kier molecular flexibility index (Phi) is 6.90. The second kappa shape index (κ2) is 10.6. The van der Waals surface area contributed by atoms with Crippen LogP contribution in [0.15, 0.2) is 105 Å². The summed E-state index contributed by atoms with van der Waals surface area (Å²) in [7, 11) is 0. The molecule has 0 aliphatic heterocycles. The molecule has 0 radical (unpaired) electrons. The van der Waals surface area contributed by atoms with E-state index in [0.717, 1.165) is 42.8 Å². The van der Waals surface area contributed by atoms with E-state index in [2.05, 4.69) is 101 Å². The number of aromatic nitrogens is 1. The number of carbonyl (C=O) groups is 1. The summed E-state index contributed by atoms with van der Waals surface area (Å²) in [5, 5.41) is 15.7. The number of hydrogen-bond donors (Lipinski definition) is 2. The van der Waals surface area contributed by atoms with Crippen molar-refractivity contribution in [3.8, 4) is 16.9 Å². The van der Waals surface area contributed by atoms with E-state index in [4.69, 9.17) is 4.74 Å². The minimum Gasteiger partial charge on any atom is -0.478 e. The first kappa shape index (κ1) is 26.7. The van der Waals surface area contributed by atoms with Crippen molar-refractivity contribution in [3.63, 3.8) is 0 Å². The molecule has 7 aromatic rings. The molecule has 2 N–H and O–H groups in total. The van der Waals surface area contributed by atoms with Gasteiger partial charge in [-0.15, -0.1) is 11.3 Å². The van der Waals surface area contributed by atoms with Gasteiger partial charge in [-0.3, -0.25) is 0 Å². The zero-order valence-corrected chi connectivity index (χ0v) is 26.8. The van der Waals surface area contributed by atoms with E-state index >= 15 is 0 Å². The van der Waals surface area contributed by atoms with Crippen LogP contribution in [0.2, 0.25) is 0 Å². The van der Waals surface area contributed by atoms with Gasteiger partial charge in [0.15, 0.2) is 6.10 Å². The first-order valence-corrected chi connectivity index (χ1v) is 16.1. The molecular weight excluding hydrogens is 730 g/mol. The SMILES string of the molecule is O=C(O)C(Cc1c[nH]c2ccccc12)Oc1c(Br)cc(-c2c3ccccc3c(Br)c3sc4ccccc4c23)cc1Br. The van der Waals surface area contributed by atoms with E-state index < -0.39 is 12.1 Å². The lowest BCUT2D eigenvalue weighted by atomic mass is 9.93. The maximum atomic E-state index is 12.3. The third-order valence-corrected chi connectivity index (χ3v) is 10.8. The predicted molar refractivity (Wildman–Crippen MR) is 179 cm³/mol. The Labute approximate surface area is 264 Å². The Balaban J connectivity index is 1.35. The molecule has 2 heterocycles. The van der Waals surface area contributed by atoms with Gasteiger partial charge in [0.1, 0.15) is 5.75 Å². The lowest BCUT2D eigenvalue weighted by Gasteiger charge is -2.19. The summed E-state index contributed by atoms with van der Waals surface area (Å²) in [6.45, 7) is 0. The fourth-order valence-corrected chi connectivity index (χ4v) is 8.86. The normalized spacial score (nSPS) is 12.5. The van der Waals surface area contributed by atoms with Crippen molar-refractivity contribution in [2.24, 2.45) is 0 Å². The number of halogens is 3. The van der Waals surface area contributed by atoms with Crippen LogP contribution in [0.25, 0.3) is 53.0 Å². The molecule has 0 fully saturated rings. The zero-order valence-electron chi connectivity index (χ0n) is 21.3. The minimum absolute atomic E-state index is 0.221. The molecule has 0 aliphatic rings. The number of carboxylic acids is 1. The smallest absolute Gasteiger partial charge is 0.345 e. The summed E-state index contributed by atoms with van der Waals surface area (Å²) in [6.07, 6.45) is 0.999. The molecule has 1 unspecified atom stereocenters.